The lowest BCUT2D eigenvalue weighted by Crippen LogP contribution is -2.48. The van der Waals surface area contributed by atoms with E-state index in [1.165, 1.54) is 18.2 Å². The summed E-state index contributed by atoms with van der Waals surface area (Å²) in [4.78, 5) is 39.9. The molecule has 202 valence electrons. The molecule has 0 radical (unpaired) electrons. The fraction of sp³-hybridized carbons (Fsp3) is 0.407. The molecule has 0 atom stereocenters. The Morgan fingerprint density at radius 1 is 1.08 bits per heavy atom. The first-order valence-electron chi connectivity index (χ1n) is 12.7. The zero-order chi connectivity index (χ0) is 27.2. The molecule has 1 aromatic heterocycles. The Balaban J connectivity index is 1.55. The van der Waals surface area contributed by atoms with Crippen molar-refractivity contribution in [3.05, 3.63) is 69.7 Å². The van der Waals surface area contributed by atoms with Crippen LogP contribution in [0, 0.1) is 6.92 Å². The maximum absolute atomic E-state index is 13.5. The van der Waals surface area contributed by atoms with Crippen molar-refractivity contribution in [2.75, 3.05) is 44.7 Å². The highest BCUT2D eigenvalue weighted by atomic mass is 16.4. The fourth-order valence-electron chi connectivity index (χ4n) is 4.42. The number of likely N-dealkylation sites (N-methyl/N-ethyl adjacent to an activating group) is 2. The molecule has 0 unspecified atom stereocenters. The number of hydrazine groups is 1. The number of carbonyl (C=O) groups excluding carboxylic acids is 2. The highest BCUT2D eigenvalue weighted by Gasteiger charge is 2.27. The number of nitrogens with one attached hydrogen (secondary N) is 2. The van der Waals surface area contributed by atoms with Crippen LogP contribution < -0.4 is 21.3 Å². The largest absolute Gasteiger partial charge is 0.437 e. The number of benzene rings is 2. The molecule has 1 aliphatic rings. The first-order valence-corrected chi connectivity index (χ1v) is 12.7. The number of hydrogen-bond acceptors (Lipinski definition) is 8. The van der Waals surface area contributed by atoms with Crippen LogP contribution in [0.1, 0.15) is 23.6 Å². The van der Waals surface area contributed by atoms with Crippen molar-refractivity contribution < 1.29 is 14.0 Å². The van der Waals surface area contributed by atoms with Crippen molar-refractivity contribution in [1.29, 1.82) is 0 Å². The molecule has 0 fully saturated rings. The average Bonchev–Trinajstić information content (AvgIpc) is 3.49. The van der Waals surface area contributed by atoms with E-state index in [2.05, 4.69) is 27.9 Å². The minimum absolute atomic E-state index is 0.0115. The molecule has 2 aromatic carbocycles. The lowest BCUT2D eigenvalue weighted by molar-refractivity contribution is -0.145. The zero-order valence-corrected chi connectivity index (χ0v) is 22.4. The Kier molecular flexibility index (Phi) is 8.59. The molecule has 4 rings (SSSR count). The zero-order valence-electron chi connectivity index (χ0n) is 22.4. The van der Waals surface area contributed by atoms with Crippen molar-refractivity contribution in [2.45, 2.75) is 26.9 Å². The molecule has 1 aliphatic heterocycles. The fourth-order valence-corrected chi connectivity index (χ4v) is 4.42. The SMILES string of the molecule is CCNCCNC(=O)CN(CC(=O)N(C)N1Cc2ccccc2C1)c1cc(-c2nn(C)c(=O)o2)ccc1C. The van der Waals surface area contributed by atoms with Gasteiger partial charge in [0.1, 0.15) is 0 Å². The second-order valence-corrected chi connectivity index (χ2v) is 9.37. The van der Waals surface area contributed by atoms with Crippen molar-refractivity contribution in [3.63, 3.8) is 0 Å². The Morgan fingerprint density at radius 3 is 2.42 bits per heavy atom. The Morgan fingerprint density at radius 2 is 1.79 bits per heavy atom. The molecular formula is C27H35N7O4. The average molecular weight is 522 g/mol. The van der Waals surface area contributed by atoms with Gasteiger partial charge in [-0.2, -0.15) is 4.68 Å². The van der Waals surface area contributed by atoms with Gasteiger partial charge in [-0.05, 0) is 42.3 Å². The summed E-state index contributed by atoms with van der Waals surface area (Å²) < 4.78 is 6.38. The van der Waals surface area contributed by atoms with E-state index < -0.39 is 5.76 Å². The Labute approximate surface area is 222 Å². The van der Waals surface area contributed by atoms with E-state index in [1.807, 2.05) is 37.1 Å². The topological polar surface area (TPSA) is 116 Å². The van der Waals surface area contributed by atoms with Gasteiger partial charge in [0.15, 0.2) is 0 Å². The highest BCUT2D eigenvalue weighted by molar-refractivity contribution is 5.87. The molecule has 11 nitrogen and oxygen atoms in total. The predicted molar refractivity (Wildman–Crippen MR) is 144 cm³/mol. The van der Waals surface area contributed by atoms with Crippen LogP contribution in [0.25, 0.3) is 11.5 Å². The summed E-state index contributed by atoms with van der Waals surface area (Å²) in [7, 11) is 3.27. The molecule has 2 N–H and O–H groups in total. The van der Waals surface area contributed by atoms with Crippen LogP contribution in [0.15, 0.2) is 51.7 Å². The number of fused-ring (bicyclic) bond motifs is 1. The molecule has 11 heteroatoms. The van der Waals surface area contributed by atoms with E-state index in [9.17, 15) is 14.4 Å². The van der Waals surface area contributed by atoms with Gasteiger partial charge in [-0.25, -0.2) is 9.80 Å². The summed E-state index contributed by atoms with van der Waals surface area (Å²) in [6.45, 7) is 7.15. The van der Waals surface area contributed by atoms with Gasteiger partial charge in [-0.15, -0.1) is 5.10 Å². The number of rotatable bonds is 11. The number of aryl methyl sites for hydroxylation is 2. The number of nitrogens with zero attached hydrogens (tertiary/aromatic N) is 5. The van der Waals surface area contributed by atoms with E-state index in [0.717, 1.165) is 16.8 Å². The third-order valence-electron chi connectivity index (χ3n) is 6.63. The number of hydrogen-bond donors (Lipinski definition) is 2. The van der Waals surface area contributed by atoms with Crippen LogP contribution in [-0.2, 0) is 29.7 Å². The van der Waals surface area contributed by atoms with Crippen LogP contribution in [-0.4, -0.2) is 71.4 Å². The van der Waals surface area contributed by atoms with Gasteiger partial charge >= 0.3 is 5.76 Å². The van der Waals surface area contributed by atoms with Crippen LogP contribution in [0.5, 0.6) is 0 Å². The van der Waals surface area contributed by atoms with E-state index in [4.69, 9.17) is 4.42 Å². The lowest BCUT2D eigenvalue weighted by Gasteiger charge is -2.32. The molecule has 0 bridgehead atoms. The molecule has 3 aromatic rings. The Bertz CT molecular complexity index is 1320. The second kappa shape index (κ2) is 12.1. The smallest absolute Gasteiger partial charge is 0.388 e. The maximum Gasteiger partial charge on any atom is 0.437 e. The van der Waals surface area contributed by atoms with Crippen LogP contribution in [0.4, 0.5) is 5.69 Å². The maximum atomic E-state index is 13.5. The van der Waals surface area contributed by atoms with Gasteiger partial charge in [-0.1, -0.05) is 37.3 Å². The number of aromatic nitrogens is 2. The molecule has 0 aliphatic carbocycles. The van der Waals surface area contributed by atoms with E-state index in [0.29, 0.717) is 37.4 Å². The minimum atomic E-state index is -0.567. The van der Waals surface area contributed by atoms with Crippen molar-refractivity contribution in [2.24, 2.45) is 7.05 Å². The summed E-state index contributed by atoms with van der Waals surface area (Å²) in [6.07, 6.45) is 0. The molecular weight excluding hydrogens is 486 g/mol. The van der Waals surface area contributed by atoms with E-state index in [-0.39, 0.29) is 30.8 Å². The van der Waals surface area contributed by atoms with Gasteiger partial charge in [0.05, 0.1) is 13.1 Å². The molecule has 0 saturated heterocycles. The van der Waals surface area contributed by atoms with Gasteiger partial charge in [0.2, 0.25) is 11.8 Å². The van der Waals surface area contributed by atoms with Gasteiger partial charge in [0.25, 0.3) is 5.91 Å². The second-order valence-electron chi connectivity index (χ2n) is 9.37. The van der Waals surface area contributed by atoms with Gasteiger partial charge in [-0.3, -0.25) is 14.6 Å². The third-order valence-corrected chi connectivity index (χ3v) is 6.63. The lowest BCUT2D eigenvalue weighted by atomic mass is 10.1. The predicted octanol–water partition coefficient (Wildman–Crippen LogP) is 1.27. The van der Waals surface area contributed by atoms with E-state index >= 15 is 0 Å². The van der Waals surface area contributed by atoms with Crippen LogP contribution >= 0.6 is 0 Å². The minimum Gasteiger partial charge on any atom is -0.388 e. The summed E-state index contributed by atoms with van der Waals surface area (Å²) in [5, 5.41) is 13.9. The highest BCUT2D eigenvalue weighted by Crippen LogP contribution is 2.28. The van der Waals surface area contributed by atoms with Crippen molar-refractivity contribution >= 4 is 17.5 Å². The first-order chi connectivity index (χ1) is 18.3. The van der Waals surface area contributed by atoms with Crippen molar-refractivity contribution in [1.82, 2.24) is 30.4 Å². The standard InChI is InChI=1S/C27H35N7O4/c1-5-28-12-13-29-24(35)17-33(18-25(36)32(4)34-15-21-8-6-7-9-22(21)16-34)23-14-20(11-10-19(23)2)26-30-31(3)27(37)38-26/h6-11,14,28H,5,12-13,15-18H2,1-4H3,(H,29,35). The molecule has 0 spiro atoms. The van der Waals surface area contributed by atoms with Gasteiger partial charge < -0.3 is 20.0 Å². The molecule has 2 heterocycles. The normalized spacial score (nSPS) is 12.8. The number of carbonyl (C=O) groups is 2. The van der Waals surface area contributed by atoms with Gasteiger partial charge in [0, 0.05) is 51.5 Å². The van der Waals surface area contributed by atoms with Crippen LogP contribution in [0.3, 0.4) is 0 Å². The summed E-state index contributed by atoms with van der Waals surface area (Å²) in [6, 6.07) is 13.6. The third kappa shape index (κ3) is 6.29. The summed E-state index contributed by atoms with van der Waals surface area (Å²) >= 11 is 0. The molecule has 0 saturated carbocycles. The molecule has 2 amide bonds. The van der Waals surface area contributed by atoms with E-state index in [1.54, 1.807) is 29.1 Å². The summed E-state index contributed by atoms with van der Waals surface area (Å²) in [5.41, 5.74) is 4.53. The first kappa shape index (κ1) is 27.1. The monoisotopic (exact) mass is 521 g/mol. The molecule has 38 heavy (non-hydrogen) atoms. The quantitative estimate of drug-likeness (QED) is 0.363. The summed E-state index contributed by atoms with van der Waals surface area (Å²) in [5.74, 6) is -0.733. The Hall–Kier alpha value is -3.96. The number of amides is 2. The number of anilines is 1. The van der Waals surface area contributed by atoms with Crippen molar-refractivity contribution in [3.8, 4) is 11.5 Å². The van der Waals surface area contributed by atoms with Crippen LogP contribution in [0.2, 0.25) is 0 Å².